The molecule has 0 spiro atoms. The van der Waals surface area contributed by atoms with E-state index in [9.17, 15) is 13.2 Å². The summed E-state index contributed by atoms with van der Waals surface area (Å²) in [5.41, 5.74) is 2.47. The molecular weight excluding hydrogens is 444 g/mol. The highest BCUT2D eigenvalue weighted by molar-refractivity contribution is 7.98. The molecule has 0 aliphatic carbocycles. The van der Waals surface area contributed by atoms with E-state index < -0.39 is 10.0 Å². The van der Waals surface area contributed by atoms with E-state index in [1.54, 1.807) is 80.4 Å². The van der Waals surface area contributed by atoms with Gasteiger partial charge in [0.25, 0.3) is 15.9 Å². The van der Waals surface area contributed by atoms with E-state index in [2.05, 4.69) is 5.32 Å². The van der Waals surface area contributed by atoms with Crippen LogP contribution in [0.2, 0.25) is 0 Å². The fourth-order valence-corrected chi connectivity index (χ4v) is 5.14. The molecule has 0 aliphatic rings. The maximum absolute atomic E-state index is 13.2. The summed E-state index contributed by atoms with van der Waals surface area (Å²) in [4.78, 5) is 13.9. The van der Waals surface area contributed by atoms with E-state index in [0.29, 0.717) is 22.7 Å². The normalized spacial score (nSPS) is 11.1. The summed E-state index contributed by atoms with van der Waals surface area (Å²) >= 11 is 1.55. The molecule has 3 aromatic carbocycles. The maximum Gasteiger partial charge on any atom is 0.264 e. The third-order valence-electron chi connectivity index (χ3n) is 4.96. The minimum atomic E-state index is -3.72. The van der Waals surface area contributed by atoms with Gasteiger partial charge in [0.2, 0.25) is 0 Å². The van der Waals surface area contributed by atoms with Crippen molar-refractivity contribution in [1.82, 2.24) is 0 Å². The molecule has 168 valence electrons. The van der Waals surface area contributed by atoms with Crippen molar-refractivity contribution in [3.63, 3.8) is 0 Å². The number of amides is 1. The van der Waals surface area contributed by atoms with Gasteiger partial charge < -0.3 is 10.1 Å². The number of benzene rings is 3. The minimum absolute atomic E-state index is 0.227. The van der Waals surface area contributed by atoms with Gasteiger partial charge in [0, 0.05) is 17.0 Å². The standard InChI is InChI=1S/C24H26N2O4S2/c1-5-26(32(28,29)21-13-11-20(31-4)12-14-21)19-9-7-18(8-10-19)24(27)25-22-16-17(2)6-15-23(22)30-3/h6-16H,5H2,1-4H3,(H,25,27). The van der Waals surface area contributed by atoms with Crippen molar-refractivity contribution in [2.24, 2.45) is 0 Å². The zero-order valence-corrected chi connectivity index (χ0v) is 20.1. The number of methoxy groups -OCH3 is 1. The van der Waals surface area contributed by atoms with Gasteiger partial charge in [0.15, 0.2) is 0 Å². The third-order valence-corrected chi connectivity index (χ3v) is 7.62. The lowest BCUT2D eigenvalue weighted by atomic mass is 10.1. The Kier molecular flexibility index (Phi) is 7.48. The van der Waals surface area contributed by atoms with Crippen LogP contribution in [0.5, 0.6) is 5.75 Å². The summed E-state index contributed by atoms with van der Waals surface area (Å²) in [5.74, 6) is 0.260. The Balaban J connectivity index is 1.83. The molecule has 32 heavy (non-hydrogen) atoms. The van der Waals surface area contributed by atoms with Gasteiger partial charge in [-0.3, -0.25) is 9.10 Å². The molecule has 0 aliphatic heterocycles. The van der Waals surface area contributed by atoms with Crippen LogP contribution >= 0.6 is 11.8 Å². The van der Waals surface area contributed by atoms with E-state index in [1.165, 1.54) is 4.31 Å². The Morgan fingerprint density at radius 1 is 1.03 bits per heavy atom. The van der Waals surface area contributed by atoms with Gasteiger partial charge in [-0.1, -0.05) is 6.07 Å². The number of hydrogen-bond donors (Lipinski definition) is 1. The minimum Gasteiger partial charge on any atom is -0.495 e. The van der Waals surface area contributed by atoms with Crippen molar-refractivity contribution in [3.05, 3.63) is 77.9 Å². The monoisotopic (exact) mass is 470 g/mol. The molecule has 0 radical (unpaired) electrons. The average molecular weight is 471 g/mol. The highest BCUT2D eigenvalue weighted by Crippen LogP contribution is 2.28. The van der Waals surface area contributed by atoms with Gasteiger partial charge in [-0.2, -0.15) is 0 Å². The van der Waals surface area contributed by atoms with Crippen molar-refractivity contribution < 1.29 is 17.9 Å². The first-order chi connectivity index (χ1) is 15.3. The van der Waals surface area contributed by atoms with E-state index in [0.717, 1.165) is 10.5 Å². The summed E-state index contributed by atoms with van der Waals surface area (Å²) < 4.78 is 32.9. The van der Waals surface area contributed by atoms with Gasteiger partial charge >= 0.3 is 0 Å². The number of thioether (sulfide) groups is 1. The molecule has 0 heterocycles. The van der Waals surface area contributed by atoms with E-state index in [-0.39, 0.29) is 17.3 Å². The van der Waals surface area contributed by atoms with Gasteiger partial charge in [-0.15, -0.1) is 11.8 Å². The fraction of sp³-hybridized carbons (Fsp3) is 0.208. The zero-order chi connectivity index (χ0) is 23.3. The van der Waals surface area contributed by atoms with Crippen LogP contribution in [-0.2, 0) is 10.0 Å². The number of nitrogens with zero attached hydrogens (tertiary/aromatic N) is 1. The Bertz CT molecular complexity index is 1190. The average Bonchev–Trinajstić information content (AvgIpc) is 2.80. The number of ether oxygens (including phenoxy) is 1. The Morgan fingerprint density at radius 3 is 2.25 bits per heavy atom. The first-order valence-electron chi connectivity index (χ1n) is 10.0. The molecule has 3 rings (SSSR count). The number of carbonyl (C=O) groups is 1. The summed E-state index contributed by atoms with van der Waals surface area (Å²) in [6, 6.07) is 18.8. The molecule has 0 fully saturated rings. The van der Waals surface area contributed by atoms with Crippen molar-refractivity contribution in [2.45, 2.75) is 23.6 Å². The lowest BCUT2D eigenvalue weighted by molar-refractivity contribution is 0.102. The summed E-state index contributed by atoms with van der Waals surface area (Å²) in [6.45, 7) is 3.97. The second kappa shape index (κ2) is 10.1. The topological polar surface area (TPSA) is 75.7 Å². The maximum atomic E-state index is 13.2. The first kappa shape index (κ1) is 23.7. The molecule has 8 heteroatoms. The fourth-order valence-electron chi connectivity index (χ4n) is 3.26. The van der Waals surface area contributed by atoms with Gasteiger partial charge in [-0.25, -0.2) is 8.42 Å². The number of anilines is 2. The first-order valence-corrected chi connectivity index (χ1v) is 12.7. The van der Waals surface area contributed by atoms with Crippen LogP contribution in [0.25, 0.3) is 0 Å². The van der Waals surface area contributed by atoms with Crippen LogP contribution in [0.4, 0.5) is 11.4 Å². The highest BCUT2D eigenvalue weighted by Gasteiger charge is 2.24. The van der Waals surface area contributed by atoms with Crippen molar-refractivity contribution >= 4 is 39.1 Å². The van der Waals surface area contributed by atoms with Crippen molar-refractivity contribution in [1.29, 1.82) is 0 Å². The molecule has 0 bridgehead atoms. The third kappa shape index (κ3) is 5.08. The second-order valence-electron chi connectivity index (χ2n) is 7.05. The van der Waals surface area contributed by atoms with Gasteiger partial charge in [-0.05, 0) is 86.3 Å². The predicted molar refractivity (Wildman–Crippen MR) is 131 cm³/mol. The molecule has 0 saturated heterocycles. The SMILES string of the molecule is CCN(c1ccc(C(=O)Nc2cc(C)ccc2OC)cc1)S(=O)(=O)c1ccc(SC)cc1. The number of hydrogen-bond acceptors (Lipinski definition) is 5. The molecule has 6 nitrogen and oxygen atoms in total. The largest absolute Gasteiger partial charge is 0.495 e. The molecular formula is C24H26N2O4S2. The molecule has 0 unspecified atom stereocenters. The summed E-state index contributed by atoms with van der Waals surface area (Å²) in [5, 5.41) is 2.85. The summed E-state index contributed by atoms with van der Waals surface area (Å²) in [7, 11) is -2.17. The Hall–Kier alpha value is -2.97. The van der Waals surface area contributed by atoms with Crippen LogP contribution in [0.15, 0.2) is 76.5 Å². The van der Waals surface area contributed by atoms with Gasteiger partial charge in [0.05, 0.1) is 23.4 Å². The smallest absolute Gasteiger partial charge is 0.264 e. The lowest BCUT2D eigenvalue weighted by Gasteiger charge is -2.23. The number of sulfonamides is 1. The highest BCUT2D eigenvalue weighted by atomic mass is 32.2. The number of aryl methyl sites for hydroxylation is 1. The van der Waals surface area contributed by atoms with Crippen LogP contribution < -0.4 is 14.4 Å². The zero-order valence-electron chi connectivity index (χ0n) is 18.5. The molecule has 1 amide bonds. The van der Waals surface area contributed by atoms with Gasteiger partial charge in [0.1, 0.15) is 5.75 Å². The van der Waals surface area contributed by atoms with E-state index in [1.807, 2.05) is 25.3 Å². The Labute approximate surface area is 193 Å². The molecule has 0 atom stereocenters. The lowest BCUT2D eigenvalue weighted by Crippen LogP contribution is -2.30. The molecule has 0 aromatic heterocycles. The number of carbonyl (C=O) groups excluding carboxylic acids is 1. The molecule has 0 saturated carbocycles. The number of rotatable bonds is 8. The van der Waals surface area contributed by atoms with E-state index >= 15 is 0 Å². The second-order valence-corrected chi connectivity index (χ2v) is 9.79. The van der Waals surface area contributed by atoms with Crippen LogP contribution in [-0.4, -0.2) is 34.2 Å². The van der Waals surface area contributed by atoms with Crippen LogP contribution in [0, 0.1) is 6.92 Å². The Morgan fingerprint density at radius 2 is 1.69 bits per heavy atom. The van der Waals surface area contributed by atoms with E-state index in [4.69, 9.17) is 4.74 Å². The van der Waals surface area contributed by atoms with Crippen LogP contribution in [0.3, 0.4) is 0 Å². The number of nitrogens with one attached hydrogen (secondary N) is 1. The predicted octanol–water partition coefficient (Wildman–Crippen LogP) is 5.19. The quantitative estimate of drug-likeness (QED) is 0.459. The van der Waals surface area contributed by atoms with Crippen molar-refractivity contribution in [2.75, 3.05) is 29.5 Å². The van der Waals surface area contributed by atoms with Crippen molar-refractivity contribution in [3.8, 4) is 5.75 Å². The molecule has 1 N–H and O–H groups in total. The summed E-state index contributed by atoms with van der Waals surface area (Å²) in [6.07, 6.45) is 1.94. The van der Waals surface area contributed by atoms with Crippen LogP contribution in [0.1, 0.15) is 22.8 Å². The molecule has 3 aromatic rings.